The Labute approximate surface area is 287 Å². The van der Waals surface area contributed by atoms with E-state index in [-0.39, 0.29) is 5.92 Å². The first kappa shape index (κ1) is 29.1. The summed E-state index contributed by atoms with van der Waals surface area (Å²) in [5.41, 5.74) is 12.9. The Bertz CT molecular complexity index is 2450. The van der Waals surface area contributed by atoms with E-state index in [1.54, 1.807) is 0 Å². The highest BCUT2D eigenvalue weighted by atomic mass is 16.3. The van der Waals surface area contributed by atoms with Crippen molar-refractivity contribution in [3.8, 4) is 0 Å². The van der Waals surface area contributed by atoms with Crippen LogP contribution in [0.15, 0.2) is 173 Å². The number of anilines is 5. The smallest absolute Gasteiger partial charge is 0.135 e. The van der Waals surface area contributed by atoms with Crippen LogP contribution in [-0.4, -0.2) is 0 Å². The van der Waals surface area contributed by atoms with Crippen molar-refractivity contribution in [2.24, 2.45) is 5.92 Å². The van der Waals surface area contributed by atoms with Crippen LogP contribution in [0.25, 0.3) is 27.8 Å². The number of aryl methyl sites for hydroxylation is 2. The van der Waals surface area contributed by atoms with Gasteiger partial charge in [0.2, 0.25) is 0 Å². The molecule has 2 aliphatic rings. The molecule has 0 spiro atoms. The van der Waals surface area contributed by atoms with Crippen LogP contribution < -0.4 is 9.80 Å². The Hall–Kier alpha value is -6.06. The quantitative estimate of drug-likeness (QED) is 0.182. The molecule has 0 saturated carbocycles. The molecule has 0 aliphatic heterocycles. The standard InChI is InChI=1S/C46H36N2O/c1-31-13-9-11-19-43(31)47(37-15-5-3-6-16-37)39-23-21-33-27-41-42-28-34-22-24-40(26-36(34)30-46(42)49-45(41)29-35(33)25-39)48(38-17-7-4-8-18-38)44-20-12-10-14-32(44)2/h3-29,36H,30H2,1-2H3. The van der Waals surface area contributed by atoms with E-state index < -0.39 is 0 Å². The molecule has 3 nitrogen and oxygen atoms in total. The molecular weight excluding hydrogens is 597 g/mol. The normalized spacial score (nSPS) is 15.0. The van der Waals surface area contributed by atoms with Gasteiger partial charge < -0.3 is 14.2 Å². The maximum atomic E-state index is 6.70. The molecule has 0 amide bonds. The molecule has 49 heavy (non-hydrogen) atoms. The van der Waals surface area contributed by atoms with Gasteiger partial charge in [0, 0.05) is 57.4 Å². The molecule has 9 rings (SSSR count). The zero-order valence-corrected chi connectivity index (χ0v) is 27.7. The van der Waals surface area contributed by atoms with Gasteiger partial charge in [-0.05, 0) is 114 Å². The number of hydrogen-bond donors (Lipinski definition) is 0. The second-order valence-corrected chi connectivity index (χ2v) is 13.1. The zero-order chi connectivity index (χ0) is 32.9. The van der Waals surface area contributed by atoms with Crippen molar-refractivity contribution in [3.05, 3.63) is 191 Å². The fourth-order valence-corrected chi connectivity index (χ4v) is 7.49. The summed E-state index contributed by atoms with van der Waals surface area (Å²) in [4.78, 5) is 4.71. The molecular formula is C46H36N2O. The number of para-hydroxylation sites is 4. The lowest BCUT2D eigenvalue weighted by Gasteiger charge is -2.32. The summed E-state index contributed by atoms with van der Waals surface area (Å²) in [6, 6.07) is 49.7. The summed E-state index contributed by atoms with van der Waals surface area (Å²) in [5, 5.41) is 3.54. The first-order valence-corrected chi connectivity index (χ1v) is 17.0. The lowest BCUT2D eigenvalue weighted by molar-refractivity contribution is 0.520. The largest absolute Gasteiger partial charge is 0.460 e. The Morgan fingerprint density at radius 2 is 1.20 bits per heavy atom. The van der Waals surface area contributed by atoms with Gasteiger partial charge in [-0.1, -0.05) is 91.0 Å². The summed E-state index contributed by atoms with van der Waals surface area (Å²) in [7, 11) is 0. The van der Waals surface area contributed by atoms with Crippen LogP contribution in [0, 0.1) is 19.8 Å². The fourth-order valence-electron chi connectivity index (χ4n) is 7.49. The van der Waals surface area contributed by atoms with Crippen LogP contribution in [0.4, 0.5) is 28.4 Å². The molecule has 1 unspecified atom stereocenters. The van der Waals surface area contributed by atoms with Crippen molar-refractivity contribution >= 4 is 56.3 Å². The van der Waals surface area contributed by atoms with Gasteiger partial charge in [0.25, 0.3) is 0 Å². The predicted molar refractivity (Wildman–Crippen MR) is 205 cm³/mol. The molecule has 236 valence electrons. The van der Waals surface area contributed by atoms with Gasteiger partial charge >= 0.3 is 0 Å². The third-order valence-corrected chi connectivity index (χ3v) is 9.97. The average molecular weight is 633 g/mol. The van der Waals surface area contributed by atoms with E-state index in [0.717, 1.165) is 40.2 Å². The fraction of sp³-hybridized carbons (Fsp3) is 0.0870. The number of fused-ring (bicyclic) bond motifs is 5. The van der Waals surface area contributed by atoms with Crippen LogP contribution in [0.5, 0.6) is 0 Å². The van der Waals surface area contributed by atoms with Crippen LogP contribution in [-0.2, 0) is 6.42 Å². The van der Waals surface area contributed by atoms with Gasteiger partial charge in [-0.25, -0.2) is 0 Å². The average Bonchev–Trinajstić information content (AvgIpc) is 3.48. The van der Waals surface area contributed by atoms with E-state index in [2.05, 4.69) is 187 Å². The van der Waals surface area contributed by atoms with E-state index in [4.69, 9.17) is 4.42 Å². The van der Waals surface area contributed by atoms with Gasteiger partial charge in [0.15, 0.2) is 0 Å². The first-order chi connectivity index (χ1) is 24.1. The maximum Gasteiger partial charge on any atom is 0.135 e. The van der Waals surface area contributed by atoms with Crippen molar-refractivity contribution < 1.29 is 4.42 Å². The van der Waals surface area contributed by atoms with Crippen LogP contribution in [0.1, 0.15) is 22.5 Å². The molecule has 0 bridgehead atoms. The third kappa shape index (κ3) is 5.15. The Morgan fingerprint density at radius 3 is 1.90 bits per heavy atom. The SMILES string of the molecule is Cc1ccccc1N(C1=CC2Cc3oc4cc5cc(N(c6ccccc6)c6ccccc6C)ccc5cc4c3C=C2C=C1)c1ccccc1. The zero-order valence-electron chi connectivity index (χ0n) is 27.7. The minimum atomic E-state index is 0.234. The van der Waals surface area contributed by atoms with E-state index in [0.29, 0.717) is 0 Å². The monoisotopic (exact) mass is 632 g/mol. The molecule has 6 aromatic carbocycles. The van der Waals surface area contributed by atoms with Gasteiger partial charge in [-0.3, -0.25) is 0 Å². The van der Waals surface area contributed by atoms with E-state index >= 15 is 0 Å². The second-order valence-electron chi connectivity index (χ2n) is 13.1. The topological polar surface area (TPSA) is 19.6 Å². The molecule has 1 aromatic heterocycles. The summed E-state index contributed by atoms with van der Waals surface area (Å²) in [6.45, 7) is 4.35. The highest BCUT2D eigenvalue weighted by Crippen LogP contribution is 2.43. The van der Waals surface area contributed by atoms with Gasteiger partial charge in [0.05, 0.1) is 0 Å². The number of allylic oxidation sites excluding steroid dienone is 4. The Kier molecular flexibility index (Phi) is 7.05. The molecule has 1 atom stereocenters. The lowest BCUT2D eigenvalue weighted by Crippen LogP contribution is -2.21. The summed E-state index contributed by atoms with van der Waals surface area (Å²) < 4.78 is 6.70. The van der Waals surface area contributed by atoms with Gasteiger partial charge in [0.1, 0.15) is 11.3 Å². The molecule has 7 aromatic rings. The Morgan fingerprint density at radius 1 is 0.571 bits per heavy atom. The number of nitrogens with zero attached hydrogens (tertiary/aromatic N) is 2. The maximum absolute atomic E-state index is 6.70. The molecule has 1 heterocycles. The number of rotatable bonds is 6. The van der Waals surface area contributed by atoms with Crippen LogP contribution >= 0.6 is 0 Å². The van der Waals surface area contributed by atoms with Gasteiger partial charge in [-0.15, -0.1) is 0 Å². The van der Waals surface area contributed by atoms with E-state index in [9.17, 15) is 0 Å². The van der Waals surface area contributed by atoms with Gasteiger partial charge in [-0.2, -0.15) is 0 Å². The number of hydrogen-bond acceptors (Lipinski definition) is 3. The highest BCUT2D eigenvalue weighted by Gasteiger charge is 2.28. The van der Waals surface area contributed by atoms with E-state index in [1.807, 2.05) is 0 Å². The second kappa shape index (κ2) is 11.9. The van der Waals surface area contributed by atoms with E-state index in [1.165, 1.54) is 50.1 Å². The molecule has 0 N–H and O–H groups in total. The molecule has 0 saturated heterocycles. The lowest BCUT2D eigenvalue weighted by atomic mass is 9.83. The summed E-state index contributed by atoms with van der Waals surface area (Å²) in [6.07, 6.45) is 10.1. The number of benzene rings is 6. The molecule has 0 fully saturated rings. The Balaban J connectivity index is 1.09. The molecule has 2 aliphatic carbocycles. The highest BCUT2D eigenvalue weighted by molar-refractivity contribution is 6.02. The van der Waals surface area contributed by atoms with Crippen molar-refractivity contribution in [1.82, 2.24) is 0 Å². The third-order valence-electron chi connectivity index (χ3n) is 9.97. The van der Waals surface area contributed by atoms with Crippen molar-refractivity contribution in [2.75, 3.05) is 9.80 Å². The minimum Gasteiger partial charge on any atom is -0.460 e. The number of furan rings is 1. The van der Waals surface area contributed by atoms with Crippen LogP contribution in [0.3, 0.4) is 0 Å². The molecule has 0 radical (unpaired) electrons. The van der Waals surface area contributed by atoms with Crippen LogP contribution in [0.2, 0.25) is 0 Å². The van der Waals surface area contributed by atoms with Crippen molar-refractivity contribution in [3.63, 3.8) is 0 Å². The molecule has 3 heteroatoms. The summed E-state index contributed by atoms with van der Waals surface area (Å²) >= 11 is 0. The van der Waals surface area contributed by atoms with Crippen molar-refractivity contribution in [1.29, 1.82) is 0 Å². The first-order valence-electron chi connectivity index (χ1n) is 17.0. The minimum absolute atomic E-state index is 0.234. The predicted octanol–water partition coefficient (Wildman–Crippen LogP) is 12.5. The van der Waals surface area contributed by atoms with Crippen molar-refractivity contribution in [2.45, 2.75) is 20.3 Å². The summed E-state index contributed by atoms with van der Waals surface area (Å²) in [5.74, 6) is 1.29.